The van der Waals surface area contributed by atoms with Gasteiger partial charge >= 0.3 is 0 Å². The molecule has 0 aliphatic carbocycles. The van der Waals surface area contributed by atoms with E-state index in [1.54, 1.807) is 0 Å². The van der Waals surface area contributed by atoms with Crippen LogP contribution in [-0.4, -0.2) is 40.2 Å². The first-order valence-corrected chi connectivity index (χ1v) is 8.79. The SMILES string of the molecule is CCNCc1ccc(OCCS(C)(=O)=O)c(OCC)c1. The molecule has 114 valence electrons. The third-order valence-corrected chi connectivity index (χ3v) is 3.51. The molecule has 0 spiro atoms. The maximum atomic E-state index is 11.1. The molecular weight excluding hydrogens is 278 g/mol. The summed E-state index contributed by atoms with van der Waals surface area (Å²) in [5.74, 6) is 1.23. The largest absolute Gasteiger partial charge is 0.490 e. The molecule has 1 aromatic rings. The molecule has 20 heavy (non-hydrogen) atoms. The lowest BCUT2D eigenvalue weighted by Gasteiger charge is -2.13. The molecule has 1 aromatic carbocycles. The fourth-order valence-corrected chi connectivity index (χ4v) is 2.01. The van der Waals surface area contributed by atoms with E-state index in [2.05, 4.69) is 5.32 Å². The number of benzene rings is 1. The lowest BCUT2D eigenvalue weighted by atomic mass is 10.2. The molecule has 6 heteroatoms. The Morgan fingerprint density at radius 2 is 1.90 bits per heavy atom. The minimum Gasteiger partial charge on any atom is -0.490 e. The van der Waals surface area contributed by atoms with Gasteiger partial charge in [0, 0.05) is 12.8 Å². The zero-order valence-corrected chi connectivity index (χ0v) is 13.1. The van der Waals surface area contributed by atoms with Crippen LogP contribution in [0.3, 0.4) is 0 Å². The van der Waals surface area contributed by atoms with Crippen LogP contribution in [0.25, 0.3) is 0 Å². The van der Waals surface area contributed by atoms with Crippen LogP contribution in [0.5, 0.6) is 11.5 Å². The number of sulfone groups is 1. The average Bonchev–Trinajstić information content (AvgIpc) is 2.37. The normalized spacial score (nSPS) is 11.3. The summed E-state index contributed by atoms with van der Waals surface area (Å²) in [6.07, 6.45) is 1.19. The lowest BCUT2D eigenvalue weighted by Crippen LogP contribution is -2.13. The van der Waals surface area contributed by atoms with Crippen LogP contribution in [0.1, 0.15) is 19.4 Å². The van der Waals surface area contributed by atoms with Crippen molar-refractivity contribution in [1.82, 2.24) is 5.32 Å². The first-order valence-electron chi connectivity index (χ1n) is 6.73. The predicted molar refractivity (Wildman–Crippen MR) is 80.2 cm³/mol. The van der Waals surface area contributed by atoms with Gasteiger partial charge in [0.15, 0.2) is 21.3 Å². The minimum absolute atomic E-state index is 0.00228. The van der Waals surface area contributed by atoms with Crippen LogP contribution in [-0.2, 0) is 16.4 Å². The zero-order chi connectivity index (χ0) is 15.0. The molecule has 0 bridgehead atoms. The van der Waals surface area contributed by atoms with Gasteiger partial charge in [-0.15, -0.1) is 0 Å². The summed E-state index contributed by atoms with van der Waals surface area (Å²) < 4.78 is 33.2. The molecule has 0 saturated heterocycles. The van der Waals surface area contributed by atoms with Crippen LogP contribution < -0.4 is 14.8 Å². The minimum atomic E-state index is -3.02. The van der Waals surface area contributed by atoms with Gasteiger partial charge in [-0.25, -0.2) is 8.42 Å². The highest BCUT2D eigenvalue weighted by molar-refractivity contribution is 7.90. The van der Waals surface area contributed by atoms with Gasteiger partial charge in [-0.05, 0) is 31.2 Å². The topological polar surface area (TPSA) is 64.6 Å². The van der Waals surface area contributed by atoms with Crippen LogP contribution in [0, 0.1) is 0 Å². The molecular formula is C14H23NO4S. The summed E-state index contributed by atoms with van der Waals surface area (Å²) in [6.45, 7) is 6.28. The van der Waals surface area contributed by atoms with Gasteiger partial charge in [0.2, 0.25) is 0 Å². The van der Waals surface area contributed by atoms with E-state index in [4.69, 9.17) is 9.47 Å². The Morgan fingerprint density at radius 1 is 1.15 bits per heavy atom. The van der Waals surface area contributed by atoms with E-state index >= 15 is 0 Å². The number of rotatable bonds is 9. The highest BCUT2D eigenvalue weighted by Gasteiger charge is 2.08. The number of ether oxygens (including phenoxy) is 2. The standard InChI is InChI=1S/C14H23NO4S/c1-4-15-11-12-6-7-13(14(10-12)18-5-2)19-8-9-20(3,16)17/h6-7,10,15H,4-5,8-9,11H2,1-3H3. The molecule has 0 aliphatic heterocycles. The van der Waals surface area contributed by atoms with Crippen LogP contribution in [0.15, 0.2) is 18.2 Å². The van der Waals surface area contributed by atoms with Crippen molar-refractivity contribution in [3.8, 4) is 11.5 Å². The fourth-order valence-electron chi connectivity index (χ4n) is 1.62. The maximum absolute atomic E-state index is 11.1. The zero-order valence-electron chi connectivity index (χ0n) is 12.3. The Morgan fingerprint density at radius 3 is 2.50 bits per heavy atom. The smallest absolute Gasteiger partial charge is 0.161 e. The summed E-state index contributed by atoms with van der Waals surface area (Å²) in [6, 6.07) is 5.68. The first kappa shape index (κ1) is 16.8. The van der Waals surface area contributed by atoms with E-state index in [0.29, 0.717) is 18.1 Å². The van der Waals surface area contributed by atoms with Crippen molar-refractivity contribution in [2.75, 3.05) is 31.8 Å². The Labute approximate surface area is 121 Å². The number of hydrogen-bond donors (Lipinski definition) is 1. The van der Waals surface area contributed by atoms with Crippen LogP contribution in [0.2, 0.25) is 0 Å². The van der Waals surface area contributed by atoms with Crippen molar-refractivity contribution in [3.05, 3.63) is 23.8 Å². The van der Waals surface area contributed by atoms with Crippen molar-refractivity contribution in [3.63, 3.8) is 0 Å². The highest BCUT2D eigenvalue weighted by Crippen LogP contribution is 2.28. The molecule has 0 atom stereocenters. The lowest BCUT2D eigenvalue weighted by molar-refractivity contribution is 0.288. The molecule has 5 nitrogen and oxygen atoms in total. The van der Waals surface area contributed by atoms with Gasteiger partial charge < -0.3 is 14.8 Å². The van der Waals surface area contributed by atoms with Crippen molar-refractivity contribution in [1.29, 1.82) is 0 Å². The molecule has 0 heterocycles. The van der Waals surface area contributed by atoms with Gasteiger partial charge in [-0.2, -0.15) is 0 Å². The van der Waals surface area contributed by atoms with E-state index in [9.17, 15) is 8.42 Å². The monoisotopic (exact) mass is 301 g/mol. The van der Waals surface area contributed by atoms with Crippen molar-refractivity contribution >= 4 is 9.84 Å². The summed E-state index contributed by atoms with van der Waals surface area (Å²) >= 11 is 0. The fraction of sp³-hybridized carbons (Fsp3) is 0.571. The van der Waals surface area contributed by atoms with Crippen LogP contribution >= 0.6 is 0 Å². The van der Waals surface area contributed by atoms with Crippen LogP contribution in [0.4, 0.5) is 0 Å². The summed E-state index contributed by atoms with van der Waals surface area (Å²) in [5.41, 5.74) is 1.10. The van der Waals surface area contributed by atoms with Gasteiger partial charge in [0.1, 0.15) is 6.61 Å². The highest BCUT2D eigenvalue weighted by atomic mass is 32.2. The van der Waals surface area contributed by atoms with Gasteiger partial charge in [0.05, 0.1) is 12.4 Å². The summed E-state index contributed by atoms with van der Waals surface area (Å²) in [7, 11) is -3.02. The Balaban J connectivity index is 2.73. The molecule has 0 amide bonds. The molecule has 0 unspecified atom stereocenters. The van der Waals surface area contributed by atoms with Gasteiger partial charge in [0.25, 0.3) is 0 Å². The summed E-state index contributed by atoms with van der Waals surface area (Å²) in [4.78, 5) is 0. The molecule has 1 rings (SSSR count). The quantitative estimate of drug-likeness (QED) is 0.751. The number of nitrogens with one attached hydrogen (secondary N) is 1. The third-order valence-electron chi connectivity index (χ3n) is 2.60. The summed E-state index contributed by atoms with van der Waals surface area (Å²) in [5, 5.41) is 3.24. The van der Waals surface area contributed by atoms with E-state index in [1.807, 2.05) is 32.0 Å². The molecule has 0 radical (unpaired) electrons. The van der Waals surface area contributed by atoms with Crippen molar-refractivity contribution < 1.29 is 17.9 Å². The van der Waals surface area contributed by atoms with E-state index in [1.165, 1.54) is 6.26 Å². The second-order valence-corrected chi connectivity index (χ2v) is 6.73. The molecule has 0 aromatic heterocycles. The molecule has 0 fully saturated rings. The second-order valence-electron chi connectivity index (χ2n) is 4.47. The maximum Gasteiger partial charge on any atom is 0.161 e. The molecule has 1 N–H and O–H groups in total. The van der Waals surface area contributed by atoms with Gasteiger partial charge in [-0.1, -0.05) is 13.0 Å². The molecule has 0 aliphatic rings. The van der Waals surface area contributed by atoms with Crippen molar-refractivity contribution in [2.45, 2.75) is 20.4 Å². The number of hydrogen-bond acceptors (Lipinski definition) is 5. The molecule has 0 saturated carbocycles. The Kier molecular flexibility index (Phi) is 6.81. The van der Waals surface area contributed by atoms with E-state index in [-0.39, 0.29) is 12.4 Å². The van der Waals surface area contributed by atoms with Crippen molar-refractivity contribution in [2.24, 2.45) is 0 Å². The first-order chi connectivity index (χ1) is 9.46. The third kappa shape index (κ3) is 6.25. The predicted octanol–water partition coefficient (Wildman–Crippen LogP) is 1.62. The average molecular weight is 301 g/mol. The Bertz CT molecular complexity index is 514. The van der Waals surface area contributed by atoms with Gasteiger partial charge in [-0.3, -0.25) is 0 Å². The van der Waals surface area contributed by atoms with E-state index in [0.717, 1.165) is 18.7 Å². The Hall–Kier alpha value is -1.27. The second kappa shape index (κ2) is 8.11. The van der Waals surface area contributed by atoms with E-state index < -0.39 is 9.84 Å².